The van der Waals surface area contributed by atoms with E-state index in [1.54, 1.807) is 0 Å². The fourth-order valence-electron chi connectivity index (χ4n) is 14.8. The summed E-state index contributed by atoms with van der Waals surface area (Å²) in [7, 11) is 0. The summed E-state index contributed by atoms with van der Waals surface area (Å²) in [6.45, 7) is 4.68. The molecule has 0 saturated heterocycles. The SMILES string of the molecule is CC1(C)c2ccccc2-c2cc3c4ccccc4n(-c4nc(-c5ccc6cc(N(c7ccccc7)c7ccc8c9ccccc9n(-c9ccccc9)c8c7)ccc6c5)nc(-n5c6ccccc6c6cc(-c7ccc8oc9ccccc9c8c7)ccc65)n4)c3cc21. The van der Waals surface area contributed by atoms with Crippen molar-refractivity contribution in [1.82, 2.24) is 28.7 Å². The Hall–Kier alpha value is -11.9. The summed E-state index contributed by atoms with van der Waals surface area (Å²) in [6.07, 6.45) is 0. The van der Waals surface area contributed by atoms with E-state index < -0.39 is 0 Å². The highest BCUT2D eigenvalue weighted by atomic mass is 16.3. The molecule has 0 unspecified atom stereocenters. The Balaban J connectivity index is 0.797. The van der Waals surface area contributed by atoms with E-state index in [9.17, 15) is 0 Å². The Labute approximate surface area is 517 Å². The third-order valence-corrected chi connectivity index (χ3v) is 19.1. The maximum Gasteiger partial charge on any atom is 0.240 e. The molecule has 0 bridgehead atoms. The fraction of sp³-hybridized carbons (Fsp3) is 0.0366. The van der Waals surface area contributed by atoms with Gasteiger partial charge in [-0.15, -0.1) is 0 Å². The van der Waals surface area contributed by atoms with Crippen molar-refractivity contribution in [1.29, 1.82) is 0 Å². The molecule has 0 spiro atoms. The second-order valence-corrected chi connectivity index (χ2v) is 24.4. The van der Waals surface area contributed by atoms with Gasteiger partial charge >= 0.3 is 0 Å². The van der Waals surface area contributed by atoms with Crippen LogP contribution in [0.1, 0.15) is 25.0 Å². The van der Waals surface area contributed by atoms with Crippen molar-refractivity contribution in [3.63, 3.8) is 0 Å². The van der Waals surface area contributed by atoms with Crippen molar-refractivity contribution >= 4 is 115 Å². The minimum absolute atomic E-state index is 0.225. The number of hydrogen-bond acceptors (Lipinski definition) is 5. The van der Waals surface area contributed by atoms with Crippen LogP contribution >= 0.6 is 0 Å². The van der Waals surface area contributed by atoms with Crippen LogP contribution in [0.25, 0.3) is 149 Å². The van der Waals surface area contributed by atoms with Gasteiger partial charge in [-0.05, 0) is 159 Å². The third-order valence-electron chi connectivity index (χ3n) is 19.1. The second kappa shape index (κ2) is 19.1. The summed E-state index contributed by atoms with van der Waals surface area (Å²) in [4.78, 5) is 19.2. The largest absolute Gasteiger partial charge is 0.456 e. The molecule has 0 atom stereocenters. The summed E-state index contributed by atoms with van der Waals surface area (Å²) in [6, 6.07) is 103. The van der Waals surface area contributed by atoms with Crippen LogP contribution in [0.3, 0.4) is 0 Å². The number of aromatic nitrogens is 6. The van der Waals surface area contributed by atoms with Crippen molar-refractivity contribution in [2.45, 2.75) is 19.3 Å². The lowest BCUT2D eigenvalue weighted by Gasteiger charge is -2.26. The van der Waals surface area contributed by atoms with E-state index in [2.05, 4.69) is 305 Å². The molecule has 18 aromatic rings. The molecule has 5 heterocycles. The average molecular weight is 1150 g/mol. The van der Waals surface area contributed by atoms with Crippen molar-refractivity contribution in [2.75, 3.05) is 4.90 Å². The average Bonchev–Trinajstić information content (AvgIpc) is 1.67. The van der Waals surface area contributed by atoms with Gasteiger partial charge in [-0.3, -0.25) is 9.13 Å². The molecule has 0 saturated carbocycles. The number of rotatable bonds is 8. The van der Waals surface area contributed by atoms with E-state index in [1.807, 2.05) is 12.1 Å². The zero-order chi connectivity index (χ0) is 59.3. The lowest BCUT2D eigenvalue weighted by Crippen LogP contribution is -2.15. The molecule has 19 rings (SSSR count). The smallest absolute Gasteiger partial charge is 0.240 e. The highest BCUT2D eigenvalue weighted by Gasteiger charge is 2.36. The number of hydrogen-bond donors (Lipinski definition) is 0. The number of benzene rings is 13. The first-order valence-corrected chi connectivity index (χ1v) is 30.7. The molecule has 1 aliphatic rings. The fourth-order valence-corrected chi connectivity index (χ4v) is 14.8. The van der Waals surface area contributed by atoms with Crippen LogP contribution in [0, 0.1) is 0 Å². The van der Waals surface area contributed by atoms with Gasteiger partial charge in [-0.2, -0.15) is 15.0 Å². The highest BCUT2D eigenvalue weighted by Crippen LogP contribution is 2.51. The summed E-state index contributed by atoms with van der Waals surface area (Å²) < 4.78 is 13.1. The molecule has 0 amide bonds. The van der Waals surface area contributed by atoms with Gasteiger partial charge in [0.1, 0.15) is 11.2 Å². The summed E-state index contributed by atoms with van der Waals surface area (Å²) in [5.41, 5.74) is 20.5. The first-order chi connectivity index (χ1) is 44.4. The van der Waals surface area contributed by atoms with E-state index in [0.717, 1.165) is 121 Å². The maximum atomic E-state index is 6.26. The van der Waals surface area contributed by atoms with Crippen molar-refractivity contribution in [3.05, 3.63) is 296 Å². The van der Waals surface area contributed by atoms with E-state index in [1.165, 1.54) is 38.5 Å². The summed E-state index contributed by atoms with van der Waals surface area (Å²) in [5, 5.41) is 11.3. The molecule has 0 aliphatic heterocycles. The van der Waals surface area contributed by atoms with Gasteiger partial charge in [0.25, 0.3) is 0 Å². The molecule has 0 fully saturated rings. The first kappa shape index (κ1) is 50.3. The molecular formula is C82H53N7O. The predicted molar refractivity (Wildman–Crippen MR) is 371 cm³/mol. The molecule has 5 aromatic heterocycles. The standard InChI is InChI=1S/C82H53N7O/c1-82(2)69-28-14-9-23-59(69)65-48-67-62-26-12-17-31-73(62)89(76(67)49-70(65)82)81-84-79(83-80(85-81)88-72-30-16-11-25-61(72)66-45-52(36-41-74(66)88)53-37-42-78-68(46-53)64-27-13-18-32-77(64)90-78)54-34-33-51-44-57(38-35-50(51)43-54)86(55-19-5-3-6-20-55)58-39-40-63-60-24-10-15-29-71(60)87(75(63)47-58)56-21-7-4-8-22-56/h3-49H,1-2H3. The highest BCUT2D eigenvalue weighted by molar-refractivity contribution is 6.14. The molecule has 1 aliphatic carbocycles. The Morgan fingerprint density at radius 1 is 0.311 bits per heavy atom. The number of nitrogens with zero attached hydrogens (tertiary/aromatic N) is 7. The predicted octanol–water partition coefficient (Wildman–Crippen LogP) is 21.3. The zero-order valence-electron chi connectivity index (χ0n) is 49.2. The van der Waals surface area contributed by atoms with E-state index in [0.29, 0.717) is 17.7 Å². The number of anilines is 3. The summed E-state index contributed by atoms with van der Waals surface area (Å²) >= 11 is 0. The van der Waals surface area contributed by atoms with Crippen LogP contribution in [-0.4, -0.2) is 28.7 Å². The molecule has 422 valence electrons. The molecule has 0 N–H and O–H groups in total. The van der Waals surface area contributed by atoms with Gasteiger partial charge < -0.3 is 13.9 Å². The quantitative estimate of drug-likeness (QED) is 0.152. The van der Waals surface area contributed by atoms with Gasteiger partial charge in [0, 0.05) is 76.8 Å². The van der Waals surface area contributed by atoms with Gasteiger partial charge in [0.05, 0.1) is 33.1 Å². The van der Waals surface area contributed by atoms with Gasteiger partial charge in [-0.25, -0.2) is 0 Å². The number of furan rings is 1. The topological polar surface area (TPSA) is 69.8 Å². The molecule has 8 heteroatoms. The second-order valence-electron chi connectivity index (χ2n) is 24.4. The Kier molecular flexibility index (Phi) is 10.7. The van der Waals surface area contributed by atoms with Crippen LogP contribution in [0.2, 0.25) is 0 Å². The molecule has 13 aromatic carbocycles. The number of para-hydroxylation sites is 6. The monoisotopic (exact) mass is 1150 g/mol. The molecule has 8 nitrogen and oxygen atoms in total. The third kappa shape index (κ3) is 7.45. The maximum absolute atomic E-state index is 6.26. The van der Waals surface area contributed by atoms with Gasteiger partial charge in [0.2, 0.25) is 11.9 Å². The Bertz CT molecular complexity index is 6030. The van der Waals surface area contributed by atoms with Crippen molar-refractivity contribution < 1.29 is 4.42 Å². The van der Waals surface area contributed by atoms with Crippen LogP contribution in [0.4, 0.5) is 17.1 Å². The van der Waals surface area contributed by atoms with E-state index >= 15 is 0 Å². The van der Waals surface area contributed by atoms with Crippen molar-refractivity contribution in [2.24, 2.45) is 0 Å². The van der Waals surface area contributed by atoms with E-state index in [4.69, 9.17) is 19.4 Å². The van der Waals surface area contributed by atoms with Crippen LogP contribution < -0.4 is 4.90 Å². The Morgan fingerprint density at radius 2 is 0.833 bits per heavy atom. The van der Waals surface area contributed by atoms with Gasteiger partial charge in [0.15, 0.2) is 5.82 Å². The lowest BCUT2D eigenvalue weighted by molar-refractivity contribution is 0.661. The minimum atomic E-state index is -0.225. The van der Waals surface area contributed by atoms with Crippen LogP contribution in [0.5, 0.6) is 0 Å². The normalized spacial score (nSPS) is 12.9. The van der Waals surface area contributed by atoms with Crippen LogP contribution in [0.15, 0.2) is 290 Å². The summed E-state index contributed by atoms with van der Waals surface area (Å²) in [5.74, 6) is 1.63. The van der Waals surface area contributed by atoms with Crippen LogP contribution in [-0.2, 0) is 5.41 Å². The minimum Gasteiger partial charge on any atom is -0.456 e. The zero-order valence-corrected chi connectivity index (χ0v) is 49.2. The first-order valence-electron chi connectivity index (χ1n) is 30.7. The molecular weight excluding hydrogens is 1100 g/mol. The lowest BCUT2D eigenvalue weighted by atomic mass is 9.82. The molecule has 90 heavy (non-hydrogen) atoms. The van der Waals surface area contributed by atoms with Crippen molar-refractivity contribution in [3.8, 4) is 51.2 Å². The molecule has 0 radical (unpaired) electrons. The Morgan fingerprint density at radius 3 is 1.60 bits per heavy atom. The van der Waals surface area contributed by atoms with Gasteiger partial charge in [-0.1, -0.05) is 184 Å². The van der Waals surface area contributed by atoms with E-state index in [-0.39, 0.29) is 5.41 Å². The number of fused-ring (bicyclic) bond motifs is 16.